The zero-order valence-electron chi connectivity index (χ0n) is 12.1. The van der Waals surface area contributed by atoms with Crippen LogP contribution in [0.1, 0.15) is 30.3 Å². The number of carbonyl (C=O) groups excluding carboxylic acids is 1. The van der Waals surface area contributed by atoms with Gasteiger partial charge >= 0.3 is 0 Å². The highest BCUT2D eigenvalue weighted by Crippen LogP contribution is 2.17. The lowest BCUT2D eigenvalue weighted by Crippen LogP contribution is -2.40. The van der Waals surface area contributed by atoms with E-state index in [2.05, 4.69) is 27.1 Å². The van der Waals surface area contributed by atoms with Gasteiger partial charge in [0.1, 0.15) is 5.15 Å². The molecule has 0 radical (unpaired) electrons. The Labute approximate surface area is 135 Å². The number of likely N-dealkylation sites (N-methyl/N-ethyl adjacent to an activating group) is 1. The first kappa shape index (κ1) is 17.9. The van der Waals surface area contributed by atoms with Crippen LogP contribution in [0.2, 0.25) is 5.15 Å². The first-order valence-electron chi connectivity index (χ1n) is 6.74. The number of aromatic nitrogens is 2. The Hall–Kier alpha value is -1.11. The number of rotatable bonds is 5. The molecule has 0 aromatic carbocycles. The second kappa shape index (κ2) is 8.36. The summed E-state index contributed by atoms with van der Waals surface area (Å²) in [6.45, 7) is 4.83. The van der Waals surface area contributed by atoms with Gasteiger partial charge in [-0.25, -0.2) is 9.97 Å². The molecule has 1 aliphatic heterocycles. The predicted molar refractivity (Wildman–Crippen MR) is 83.4 cm³/mol. The van der Waals surface area contributed by atoms with Crippen LogP contribution in [-0.4, -0.2) is 53.6 Å². The number of ether oxygens (including phenoxy) is 1. The number of likely N-dealkylation sites (tertiary alicyclic amines) is 1. The van der Waals surface area contributed by atoms with Crippen LogP contribution in [0.4, 0.5) is 0 Å². The maximum atomic E-state index is 12.2. The average Bonchev–Trinajstić information content (AvgIpc) is 2.92. The van der Waals surface area contributed by atoms with Gasteiger partial charge in [-0.05, 0) is 25.9 Å². The molecule has 2 heterocycles. The molecule has 0 bridgehead atoms. The van der Waals surface area contributed by atoms with Gasteiger partial charge in [0.15, 0.2) is 5.69 Å². The van der Waals surface area contributed by atoms with E-state index in [9.17, 15) is 4.79 Å². The number of hydrogen-bond acceptors (Lipinski definition) is 5. The van der Waals surface area contributed by atoms with E-state index >= 15 is 0 Å². The normalized spacial score (nSPS) is 18.1. The molecule has 1 unspecified atom stereocenters. The number of halogens is 2. The summed E-state index contributed by atoms with van der Waals surface area (Å²) in [5.74, 6) is -0.120. The summed E-state index contributed by atoms with van der Waals surface area (Å²) in [6, 6.07) is 0.391. The van der Waals surface area contributed by atoms with Crippen molar-refractivity contribution in [2.24, 2.45) is 0 Å². The minimum Gasteiger partial charge on any atom is -0.479 e. The maximum Gasteiger partial charge on any atom is 0.275 e. The van der Waals surface area contributed by atoms with Crippen LogP contribution in [0.5, 0.6) is 5.88 Å². The number of nitrogens with zero attached hydrogens (tertiary/aromatic N) is 3. The largest absolute Gasteiger partial charge is 0.479 e. The van der Waals surface area contributed by atoms with Crippen molar-refractivity contribution in [1.82, 2.24) is 20.2 Å². The lowest BCUT2D eigenvalue weighted by Gasteiger charge is -2.22. The van der Waals surface area contributed by atoms with Crippen molar-refractivity contribution < 1.29 is 9.53 Å². The molecule has 1 aliphatic rings. The van der Waals surface area contributed by atoms with Crippen molar-refractivity contribution in [1.29, 1.82) is 0 Å². The fourth-order valence-corrected chi connectivity index (χ4v) is 2.62. The Bertz CT molecular complexity index is 487. The summed E-state index contributed by atoms with van der Waals surface area (Å²) in [5, 5.41) is 3.06. The fraction of sp³-hybridized carbons (Fsp3) is 0.615. The molecule has 0 aliphatic carbocycles. The van der Waals surface area contributed by atoms with Crippen LogP contribution in [0.25, 0.3) is 0 Å². The van der Waals surface area contributed by atoms with Crippen LogP contribution in [-0.2, 0) is 0 Å². The molecule has 1 fully saturated rings. The molecule has 1 saturated heterocycles. The van der Waals surface area contributed by atoms with Gasteiger partial charge in [0.2, 0.25) is 5.88 Å². The Kier molecular flexibility index (Phi) is 7.14. The molecular weight excluding hydrogens is 315 g/mol. The van der Waals surface area contributed by atoms with Gasteiger partial charge in [-0.15, -0.1) is 12.4 Å². The highest BCUT2D eigenvalue weighted by Gasteiger charge is 2.24. The fourth-order valence-electron chi connectivity index (χ4n) is 2.49. The summed E-state index contributed by atoms with van der Waals surface area (Å²) in [5.41, 5.74) is 0.126. The van der Waals surface area contributed by atoms with E-state index in [1.54, 1.807) is 0 Å². The number of carbonyl (C=O) groups is 1. The van der Waals surface area contributed by atoms with Crippen molar-refractivity contribution in [2.45, 2.75) is 25.8 Å². The molecule has 2 rings (SSSR count). The van der Waals surface area contributed by atoms with Crippen LogP contribution in [0.15, 0.2) is 6.20 Å². The minimum atomic E-state index is -0.306. The second-order valence-corrected chi connectivity index (χ2v) is 5.07. The highest BCUT2D eigenvalue weighted by atomic mass is 35.5. The Balaban J connectivity index is 0.00000220. The lowest BCUT2D eigenvalue weighted by molar-refractivity contribution is 0.0932. The van der Waals surface area contributed by atoms with Crippen molar-refractivity contribution in [2.75, 3.05) is 26.7 Å². The van der Waals surface area contributed by atoms with E-state index in [-0.39, 0.29) is 35.0 Å². The number of methoxy groups -OCH3 is 1. The van der Waals surface area contributed by atoms with Gasteiger partial charge in [-0.3, -0.25) is 9.69 Å². The lowest BCUT2D eigenvalue weighted by atomic mass is 10.2. The van der Waals surface area contributed by atoms with Crippen molar-refractivity contribution in [3.05, 3.63) is 17.0 Å². The summed E-state index contributed by atoms with van der Waals surface area (Å²) in [7, 11) is 1.45. The average molecular weight is 335 g/mol. The number of nitrogens with one attached hydrogen (secondary N) is 1. The van der Waals surface area contributed by atoms with Crippen molar-refractivity contribution in [3.8, 4) is 5.88 Å². The quantitative estimate of drug-likeness (QED) is 0.888. The van der Waals surface area contributed by atoms with Gasteiger partial charge in [-0.2, -0.15) is 0 Å². The Morgan fingerprint density at radius 1 is 1.62 bits per heavy atom. The summed E-state index contributed by atoms with van der Waals surface area (Å²) < 4.78 is 5.03. The van der Waals surface area contributed by atoms with Crippen LogP contribution in [0, 0.1) is 0 Å². The van der Waals surface area contributed by atoms with Gasteiger partial charge in [0, 0.05) is 12.6 Å². The molecule has 0 saturated carbocycles. The molecule has 118 valence electrons. The van der Waals surface area contributed by atoms with Gasteiger partial charge in [0.05, 0.1) is 13.3 Å². The first-order valence-corrected chi connectivity index (χ1v) is 7.12. The summed E-state index contributed by atoms with van der Waals surface area (Å²) in [6.07, 6.45) is 3.63. The Morgan fingerprint density at radius 2 is 2.38 bits per heavy atom. The summed E-state index contributed by atoms with van der Waals surface area (Å²) >= 11 is 5.77. The number of hydrogen-bond donors (Lipinski definition) is 1. The van der Waals surface area contributed by atoms with E-state index in [1.807, 2.05) is 0 Å². The smallest absolute Gasteiger partial charge is 0.275 e. The molecular formula is C13H20Cl2N4O2. The molecule has 1 atom stereocenters. The third kappa shape index (κ3) is 4.43. The molecule has 21 heavy (non-hydrogen) atoms. The minimum absolute atomic E-state index is 0. The monoisotopic (exact) mass is 334 g/mol. The van der Waals surface area contributed by atoms with Crippen molar-refractivity contribution >= 4 is 29.9 Å². The van der Waals surface area contributed by atoms with E-state index < -0.39 is 0 Å². The van der Waals surface area contributed by atoms with E-state index in [0.717, 1.165) is 19.5 Å². The summed E-state index contributed by atoms with van der Waals surface area (Å²) in [4.78, 5) is 22.4. The predicted octanol–water partition coefficient (Wildman–Crippen LogP) is 1.77. The van der Waals surface area contributed by atoms with Crippen LogP contribution >= 0.6 is 24.0 Å². The molecule has 1 amide bonds. The van der Waals surface area contributed by atoms with Gasteiger partial charge in [0.25, 0.3) is 5.91 Å². The van der Waals surface area contributed by atoms with Crippen LogP contribution < -0.4 is 10.1 Å². The maximum absolute atomic E-state index is 12.2. The molecule has 1 N–H and O–H groups in total. The molecule has 1 aromatic rings. The van der Waals surface area contributed by atoms with Gasteiger partial charge < -0.3 is 10.1 Å². The molecule has 0 spiro atoms. The SMILES string of the molecule is CCN1CCCC1CNC(=O)c1nc(Cl)cnc1OC.Cl. The molecule has 6 nitrogen and oxygen atoms in total. The zero-order chi connectivity index (χ0) is 14.5. The third-order valence-corrected chi connectivity index (χ3v) is 3.70. The van der Waals surface area contributed by atoms with E-state index in [4.69, 9.17) is 16.3 Å². The van der Waals surface area contributed by atoms with Crippen molar-refractivity contribution in [3.63, 3.8) is 0 Å². The van der Waals surface area contributed by atoms with E-state index in [0.29, 0.717) is 12.6 Å². The highest BCUT2D eigenvalue weighted by molar-refractivity contribution is 6.29. The molecule has 8 heteroatoms. The zero-order valence-corrected chi connectivity index (χ0v) is 13.7. The first-order chi connectivity index (χ1) is 9.65. The van der Waals surface area contributed by atoms with E-state index in [1.165, 1.54) is 19.7 Å². The third-order valence-electron chi connectivity index (χ3n) is 3.52. The standard InChI is InChI=1S/C13H19ClN4O2.ClH/c1-3-18-6-4-5-9(18)7-15-12(19)11-13(20-2)16-8-10(14)17-11;/h8-9H,3-7H2,1-2H3,(H,15,19);1H. The topological polar surface area (TPSA) is 67.4 Å². The number of amides is 1. The van der Waals surface area contributed by atoms with Gasteiger partial charge in [-0.1, -0.05) is 18.5 Å². The second-order valence-electron chi connectivity index (χ2n) is 4.69. The molecule has 1 aromatic heterocycles. The van der Waals surface area contributed by atoms with Crippen LogP contribution in [0.3, 0.4) is 0 Å². The Morgan fingerprint density at radius 3 is 3.05 bits per heavy atom.